The minimum atomic E-state index is -0.189. The molecule has 5 rings (SSSR count). The molecule has 2 amide bonds. The summed E-state index contributed by atoms with van der Waals surface area (Å²) in [4.78, 5) is 34.0. The molecule has 1 saturated heterocycles. The molecule has 1 aromatic heterocycles. The van der Waals surface area contributed by atoms with Crippen LogP contribution in [0.1, 0.15) is 36.3 Å². The number of ether oxygens (including phenoxy) is 1. The molecule has 0 unspecified atom stereocenters. The van der Waals surface area contributed by atoms with Crippen molar-refractivity contribution in [3.8, 4) is 17.0 Å². The fraction of sp³-hybridized carbons (Fsp3) is 0.346. The molecule has 7 heteroatoms. The first-order valence-electron chi connectivity index (χ1n) is 11.5. The summed E-state index contributed by atoms with van der Waals surface area (Å²) in [5, 5.41) is 3.08. The molecule has 6 nitrogen and oxygen atoms in total. The van der Waals surface area contributed by atoms with Crippen LogP contribution in [0.2, 0.25) is 0 Å². The summed E-state index contributed by atoms with van der Waals surface area (Å²) in [6.45, 7) is 1.55. The van der Waals surface area contributed by atoms with Crippen molar-refractivity contribution in [2.45, 2.75) is 32.1 Å². The highest BCUT2D eigenvalue weighted by Crippen LogP contribution is 2.36. The van der Waals surface area contributed by atoms with Gasteiger partial charge in [0.25, 0.3) is 5.91 Å². The van der Waals surface area contributed by atoms with Crippen molar-refractivity contribution in [2.75, 3.05) is 31.1 Å². The summed E-state index contributed by atoms with van der Waals surface area (Å²) in [5.74, 6) is 0.440. The molecule has 0 atom stereocenters. The average molecular weight is 462 g/mol. The second kappa shape index (κ2) is 9.75. The van der Waals surface area contributed by atoms with Crippen LogP contribution in [0.4, 0.5) is 5.69 Å². The first kappa shape index (κ1) is 21.6. The maximum absolute atomic E-state index is 13.0. The van der Waals surface area contributed by atoms with Gasteiger partial charge in [0.05, 0.1) is 16.4 Å². The van der Waals surface area contributed by atoms with Crippen LogP contribution in [0.3, 0.4) is 0 Å². The van der Waals surface area contributed by atoms with Crippen LogP contribution < -0.4 is 9.64 Å². The van der Waals surface area contributed by atoms with Gasteiger partial charge in [-0.2, -0.15) is 0 Å². The fourth-order valence-electron chi connectivity index (χ4n) is 4.39. The molecule has 3 heterocycles. The first-order valence-corrected chi connectivity index (χ1v) is 12.4. The van der Waals surface area contributed by atoms with E-state index in [1.54, 1.807) is 16.2 Å². The number of amides is 2. The number of carbonyl (C=O) groups excluding carboxylic acids is 2. The lowest BCUT2D eigenvalue weighted by Gasteiger charge is -2.31. The number of benzene rings is 2. The zero-order valence-electron chi connectivity index (χ0n) is 18.5. The van der Waals surface area contributed by atoms with Gasteiger partial charge < -0.3 is 9.64 Å². The van der Waals surface area contributed by atoms with Crippen LogP contribution in [0, 0.1) is 0 Å². The number of rotatable bonds is 5. The van der Waals surface area contributed by atoms with E-state index in [0.717, 1.165) is 61.5 Å². The quantitative estimate of drug-likeness (QED) is 0.560. The molecule has 0 N–H and O–H groups in total. The van der Waals surface area contributed by atoms with E-state index in [2.05, 4.69) is 12.1 Å². The maximum Gasteiger partial charge on any atom is 0.265 e. The zero-order valence-corrected chi connectivity index (χ0v) is 19.4. The third kappa shape index (κ3) is 4.93. The average Bonchev–Trinajstić information content (AvgIpc) is 3.12. The van der Waals surface area contributed by atoms with Gasteiger partial charge in [0.15, 0.2) is 6.61 Å². The van der Waals surface area contributed by atoms with Crippen LogP contribution in [0.5, 0.6) is 5.75 Å². The van der Waals surface area contributed by atoms with Crippen molar-refractivity contribution in [1.82, 2.24) is 9.88 Å². The Hall–Kier alpha value is -3.19. The maximum atomic E-state index is 13.0. The molecule has 1 fully saturated rings. The third-order valence-corrected chi connectivity index (χ3v) is 7.05. The second-order valence-corrected chi connectivity index (χ2v) is 9.48. The van der Waals surface area contributed by atoms with Gasteiger partial charge in [-0.15, -0.1) is 11.3 Å². The van der Waals surface area contributed by atoms with Gasteiger partial charge in [-0.3, -0.25) is 14.5 Å². The molecular formula is C26H27N3O3S. The number of hydrogen-bond acceptors (Lipinski definition) is 5. The van der Waals surface area contributed by atoms with Gasteiger partial charge in [0, 0.05) is 30.5 Å². The third-order valence-electron chi connectivity index (χ3n) is 6.20. The lowest BCUT2D eigenvalue weighted by Crippen LogP contribution is -2.46. The van der Waals surface area contributed by atoms with Crippen molar-refractivity contribution in [3.05, 3.63) is 64.5 Å². The standard InChI is InChI=1S/C26H27N3O3S/c30-25(28-12-6-1-2-7-13-28)16-29-22-15-20(10-11-23(22)32-17-26(29)31)21-18-33-24(27-21)14-19-8-4-3-5-9-19/h3-5,8-11,15,18H,1-2,6-7,12-14,16-17H2. The monoisotopic (exact) mass is 461 g/mol. The highest BCUT2D eigenvalue weighted by molar-refractivity contribution is 7.10. The lowest BCUT2D eigenvalue weighted by molar-refractivity contribution is -0.132. The Kier molecular flexibility index (Phi) is 6.39. The molecular weight excluding hydrogens is 434 g/mol. The smallest absolute Gasteiger partial charge is 0.265 e. The van der Waals surface area contributed by atoms with E-state index < -0.39 is 0 Å². The van der Waals surface area contributed by atoms with E-state index in [4.69, 9.17) is 9.72 Å². The van der Waals surface area contributed by atoms with Gasteiger partial charge in [-0.05, 0) is 36.6 Å². The van der Waals surface area contributed by atoms with Gasteiger partial charge in [0.1, 0.15) is 12.3 Å². The summed E-state index contributed by atoms with van der Waals surface area (Å²) in [6.07, 6.45) is 5.16. The highest BCUT2D eigenvalue weighted by Gasteiger charge is 2.29. The van der Waals surface area contributed by atoms with E-state index in [9.17, 15) is 9.59 Å². The van der Waals surface area contributed by atoms with Gasteiger partial charge in [-0.1, -0.05) is 43.2 Å². The Morgan fingerprint density at radius 3 is 2.61 bits per heavy atom. The minimum absolute atomic E-state index is 0.00214. The summed E-state index contributed by atoms with van der Waals surface area (Å²) < 4.78 is 5.65. The van der Waals surface area contributed by atoms with Crippen LogP contribution in [-0.2, 0) is 16.0 Å². The molecule has 0 saturated carbocycles. The normalized spacial score (nSPS) is 16.2. The zero-order chi connectivity index (χ0) is 22.6. The SMILES string of the molecule is O=C(CN1C(=O)COc2ccc(-c3csc(Cc4ccccc4)n3)cc21)N1CCCCCC1. The summed E-state index contributed by atoms with van der Waals surface area (Å²) >= 11 is 1.63. The number of hydrogen-bond donors (Lipinski definition) is 0. The van der Waals surface area contributed by atoms with Crippen molar-refractivity contribution in [3.63, 3.8) is 0 Å². The largest absolute Gasteiger partial charge is 0.482 e. The van der Waals surface area contributed by atoms with Crippen molar-refractivity contribution in [2.24, 2.45) is 0 Å². The molecule has 2 aliphatic rings. The van der Waals surface area contributed by atoms with Crippen LogP contribution in [-0.4, -0.2) is 47.9 Å². The second-order valence-electron chi connectivity index (χ2n) is 8.53. The highest BCUT2D eigenvalue weighted by atomic mass is 32.1. The molecule has 2 aliphatic heterocycles. The first-order chi connectivity index (χ1) is 16.2. The van der Waals surface area contributed by atoms with E-state index in [-0.39, 0.29) is 25.0 Å². The van der Waals surface area contributed by atoms with Gasteiger partial charge in [0.2, 0.25) is 5.91 Å². The van der Waals surface area contributed by atoms with E-state index in [0.29, 0.717) is 11.4 Å². The number of aromatic nitrogens is 1. The molecule has 33 heavy (non-hydrogen) atoms. The fourth-order valence-corrected chi connectivity index (χ4v) is 5.22. The number of thiazole rings is 1. The number of anilines is 1. The van der Waals surface area contributed by atoms with E-state index in [1.165, 1.54) is 5.56 Å². The Bertz CT molecular complexity index is 1140. The molecule has 0 bridgehead atoms. The minimum Gasteiger partial charge on any atom is -0.482 e. The number of carbonyl (C=O) groups is 2. The van der Waals surface area contributed by atoms with Crippen molar-refractivity contribution < 1.29 is 14.3 Å². The number of likely N-dealkylation sites (tertiary alicyclic amines) is 1. The Morgan fingerprint density at radius 2 is 1.82 bits per heavy atom. The van der Waals surface area contributed by atoms with Gasteiger partial charge in [-0.25, -0.2) is 4.98 Å². The van der Waals surface area contributed by atoms with Crippen LogP contribution in [0.25, 0.3) is 11.3 Å². The van der Waals surface area contributed by atoms with Crippen molar-refractivity contribution in [1.29, 1.82) is 0 Å². The lowest BCUT2D eigenvalue weighted by atomic mass is 10.1. The summed E-state index contributed by atoms with van der Waals surface area (Å²) in [5.41, 5.74) is 3.64. The Morgan fingerprint density at radius 1 is 1.03 bits per heavy atom. The summed E-state index contributed by atoms with van der Waals surface area (Å²) in [7, 11) is 0. The predicted octanol–water partition coefficient (Wildman–Crippen LogP) is 4.53. The Labute approximate surface area is 197 Å². The van der Waals surface area contributed by atoms with E-state index >= 15 is 0 Å². The molecule has 3 aromatic rings. The molecule has 170 valence electrons. The van der Waals surface area contributed by atoms with Gasteiger partial charge >= 0.3 is 0 Å². The topological polar surface area (TPSA) is 62.7 Å². The predicted molar refractivity (Wildman–Crippen MR) is 130 cm³/mol. The molecule has 0 radical (unpaired) electrons. The summed E-state index contributed by atoms with van der Waals surface area (Å²) in [6, 6.07) is 16.0. The molecule has 0 aliphatic carbocycles. The Balaban J connectivity index is 1.37. The number of nitrogens with zero attached hydrogens (tertiary/aromatic N) is 3. The molecule has 0 spiro atoms. The van der Waals surface area contributed by atoms with E-state index in [1.807, 2.05) is 46.7 Å². The molecule has 2 aromatic carbocycles. The number of fused-ring (bicyclic) bond motifs is 1. The van der Waals surface area contributed by atoms with Crippen molar-refractivity contribution >= 4 is 28.8 Å². The van der Waals surface area contributed by atoms with Crippen LogP contribution >= 0.6 is 11.3 Å². The van der Waals surface area contributed by atoms with Crippen LogP contribution in [0.15, 0.2) is 53.9 Å².